The van der Waals surface area contributed by atoms with Gasteiger partial charge in [0, 0.05) is 25.0 Å². The van der Waals surface area contributed by atoms with Crippen molar-refractivity contribution < 1.29 is 33.6 Å². The maximum Gasteiger partial charge on any atom is 0.331 e. The maximum atomic E-state index is 11.8. The molecule has 206 valence electrons. The molecule has 37 heavy (non-hydrogen) atoms. The van der Waals surface area contributed by atoms with Crippen LogP contribution in [0.1, 0.15) is 85.0 Å². The van der Waals surface area contributed by atoms with Gasteiger partial charge in [-0.1, -0.05) is 13.8 Å². The van der Waals surface area contributed by atoms with Gasteiger partial charge in [-0.2, -0.15) is 0 Å². The highest BCUT2D eigenvalue weighted by atomic mass is 16.7. The number of rotatable bonds is 4. The van der Waals surface area contributed by atoms with Gasteiger partial charge in [-0.05, 0) is 93.5 Å². The molecule has 0 aromatic heterocycles. The van der Waals surface area contributed by atoms with Gasteiger partial charge in [-0.25, -0.2) is 4.79 Å². The third kappa shape index (κ3) is 3.27. The van der Waals surface area contributed by atoms with Crippen LogP contribution in [0.5, 0.6) is 0 Å². The van der Waals surface area contributed by atoms with Gasteiger partial charge in [0.2, 0.25) is 0 Å². The molecule has 7 rings (SSSR count). The average Bonchev–Trinajstić information content (AvgIpc) is 3.18. The Kier molecular flexibility index (Phi) is 5.58. The van der Waals surface area contributed by atoms with Crippen LogP contribution in [0.3, 0.4) is 0 Å². The van der Waals surface area contributed by atoms with Crippen molar-refractivity contribution in [3.05, 3.63) is 11.6 Å². The van der Waals surface area contributed by atoms with E-state index in [1.807, 2.05) is 6.92 Å². The van der Waals surface area contributed by atoms with Gasteiger partial charge in [0.1, 0.15) is 23.9 Å². The molecular formula is C30H44O7. The normalized spacial score (nSPS) is 56.5. The number of cyclic esters (lactones) is 1. The lowest BCUT2D eigenvalue weighted by Crippen LogP contribution is -2.59. The van der Waals surface area contributed by atoms with Gasteiger partial charge in [-0.3, -0.25) is 0 Å². The van der Waals surface area contributed by atoms with Crippen molar-refractivity contribution in [3.8, 4) is 0 Å². The van der Waals surface area contributed by atoms with E-state index < -0.39 is 6.10 Å². The molecule has 0 radical (unpaired) electrons. The van der Waals surface area contributed by atoms with Gasteiger partial charge >= 0.3 is 5.97 Å². The minimum Gasteiger partial charge on any atom is -0.458 e. The molecule has 7 nitrogen and oxygen atoms in total. The molecule has 0 bridgehead atoms. The van der Waals surface area contributed by atoms with Crippen molar-refractivity contribution in [1.29, 1.82) is 0 Å². The summed E-state index contributed by atoms with van der Waals surface area (Å²) in [6.45, 7) is 7.37. The van der Waals surface area contributed by atoms with Crippen LogP contribution in [0, 0.1) is 28.6 Å². The first-order valence-electron chi connectivity index (χ1n) is 14.7. The van der Waals surface area contributed by atoms with Crippen LogP contribution in [0.15, 0.2) is 11.6 Å². The lowest BCUT2D eigenvalue weighted by Gasteiger charge is -2.58. The predicted molar refractivity (Wildman–Crippen MR) is 134 cm³/mol. The predicted octanol–water partition coefficient (Wildman–Crippen LogP) is 4.30. The molecule has 4 saturated carbocycles. The smallest absolute Gasteiger partial charge is 0.331 e. The van der Waals surface area contributed by atoms with E-state index in [-0.39, 0.29) is 52.6 Å². The van der Waals surface area contributed by atoms with E-state index in [1.165, 1.54) is 31.3 Å². The largest absolute Gasteiger partial charge is 0.458 e. The standard InChI is InChI=1S/C30H44O7/c1-17-26(32)22(33-4)15-25(35-17)36-20-6-9-27(2)19(14-20)5-11-29-23(27)8-10-28(3)21(7-12-30(28,29)37-29)18-13-24(31)34-16-18/h13,17,19-23,25-26,32H,5-12,14-16H2,1-4H3/t17-,19-,20-,21-,22-,23-,25+,26+,27-,28-,29+,30-/m1/s1. The number of aliphatic hydroxyl groups excluding tert-OH is 1. The van der Waals surface area contributed by atoms with Crippen LogP contribution in [-0.2, 0) is 28.5 Å². The van der Waals surface area contributed by atoms with E-state index >= 15 is 0 Å². The second-order valence-electron chi connectivity index (χ2n) is 13.8. The summed E-state index contributed by atoms with van der Waals surface area (Å²) in [5.74, 6) is 1.47. The molecule has 7 heteroatoms. The first-order chi connectivity index (χ1) is 17.7. The zero-order valence-corrected chi connectivity index (χ0v) is 22.9. The molecule has 0 unspecified atom stereocenters. The molecule has 2 spiro atoms. The van der Waals surface area contributed by atoms with Crippen LogP contribution in [0.4, 0.5) is 0 Å². The third-order valence-corrected chi connectivity index (χ3v) is 12.6. The highest BCUT2D eigenvalue weighted by molar-refractivity contribution is 5.85. The van der Waals surface area contributed by atoms with Gasteiger partial charge in [0.15, 0.2) is 6.29 Å². The summed E-state index contributed by atoms with van der Waals surface area (Å²) in [4.78, 5) is 11.8. The summed E-state index contributed by atoms with van der Waals surface area (Å²) in [6.07, 6.45) is 11.4. The maximum absolute atomic E-state index is 11.8. The number of ether oxygens (including phenoxy) is 5. The number of epoxide rings is 1. The van der Waals surface area contributed by atoms with Crippen LogP contribution >= 0.6 is 0 Å². The number of aliphatic hydroxyl groups is 1. The summed E-state index contributed by atoms with van der Waals surface area (Å²) >= 11 is 0. The monoisotopic (exact) mass is 516 g/mol. The molecule has 0 amide bonds. The summed E-state index contributed by atoms with van der Waals surface area (Å²) < 4.78 is 30.4. The van der Waals surface area contributed by atoms with Crippen molar-refractivity contribution in [2.24, 2.45) is 28.6 Å². The Hall–Kier alpha value is -0.990. The fourth-order valence-electron chi connectivity index (χ4n) is 10.6. The van der Waals surface area contributed by atoms with Crippen LogP contribution in [-0.4, -0.2) is 66.7 Å². The number of esters is 1. The fourth-order valence-corrected chi connectivity index (χ4v) is 10.6. The zero-order valence-electron chi connectivity index (χ0n) is 22.9. The summed E-state index contributed by atoms with van der Waals surface area (Å²) in [5.41, 5.74) is 1.57. The summed E-state index contributed by atoms with van der Waals surface area (Å²) in [7, 11) is 1.65. The summed E-state index contributed by atoms with van der Waals surface area (Å²) in [5, 5.41) is 10.3. The van der Waals surface area contributed by atoms with E-state index in [4.69, 9.17) is 23.7 Å². The van der Waals surface area contributed by atoms with Crippen molar-refractivity contribution in [1.82, 2.24) is 0 Å². The Bertz CT molecular complexity index is 996. The molecule has 3 aliphatic heterocycles. The number of fused-ring (bicyclic) bond motifs is 2. The first kappa shape index (κ1) is 25.0. The second kappa shape index (κ2) is 8.26. The molecule has 12 atom stereocenters. The molecule has 0 aromatic rings. The van der Waals surface area contributed by atoms with E-state index in [9.17, 15) is 9.90 Å². The number of hydrogen-bond donors (Lipinski definition) is 1. The molecule has 0 aromatic carbocycles. The number of methoxy groups -OCH3 is 1. The molecule has 4 aliphatic carbocycles. The molecule has 1 N–H and O–H groups in total. The molecule has 7 aliphatic rings. The average molecular weight is 517 g/mol. The van der Waals surface area contributed by atoms with E-state index in [0.717, 1.165) is 32.1 Å². The van der Waals surface area contributed by atoms with Crippen LogP contribution < -0.4 is 0 Å². The number of hydrogen-bond acceptors (Lipinski definition) is 7. The molecular weight excluding hydrogens is 472 g/mol. The zero-order chi connectivity index (χ0) is 25.8. The SMILES string of the molecule is CO[C@@H]1C[C@H](O[C@@H]2CC[C@]3(C)[C@H](CC[C@@]45O[C@@]46CC[C@H](C4=CC(=O)OC4)[C@@]6(C)CC[C@H]35)C2)O[C@H](C)[C@@H]1O. The quantitative estimate of drug-likeness (QED) is 0.339. The Morgan fingerprint density at radius 1 is 1.05 bits per heavy atom. The van der Waals surface area contributed by atoms with E-state index in [1.54, 1.807) is 13.2 Å². The number of carbonyl (C=O) groups is 1. The first-order valence-corrected chi connectivity index (χ1v) is 14.7. The highest BCUT2D eigenvalue weighted by Crippen LogP contribution is 2.81. The van der Waals surface area contributed by atoms with Gasteiger partial charge in [0.05, 0.1) is 18.3 Å². The van der Waals surface area contributed by atoms with Crippen molar-refractivity contribution in [2.45, 2.75) is 127 Å². The topological polar surface area (TPSA) is 86.8 Å². The summed E-state index contributed by atoms with van der Waals surface area (Å²) in [6, 6.07) is 0. The van der Waals surface area contributed by atoms with Crippen molar-refractivity contribution >= 4 is 5.97 Å². The minimum absolute atomic E-state index is 0.0153. The van der Waals surface area contributed by atoms with Crippen molar-refractivity contribution in [3.63, 3.8) is 0 Å². The minimum atomic E-state index is -0.606. The Labute approximate surface area is 220 Å². The third-order valence-electron chi connectivity index (χ3n) is 12.6. The van der Waals surface area contributed by atoms with Gasteiger partial charge < -0.3 is 28.8 Å². The Morgan fingerprint density at radius 3 is 2.65 bits per heavy atom. The lowest BCUT2D eigenvalue weighted by molar-refractivity contribution is -0.271. The lowest BCUT2D eigenvalue weighted by atomic mass is 9.44. The van der Waals surface area contributed by atoms with Gasteiger partial charge in [-0.15, -0.1) is 0 Å². The van der Waals surface area contributed by atoms with Crippen LogP contribution in [0.2, 0.25) is 0 Å². The fraction of sp³-hybridized carbons (Fsp3) is 0.900. The Balaban J connectivity index is 1.06. The van der Waals surface area contributed by atoms with Crippen LogP contribution in [0.25, 0.3) is 0 Å². The highest BCUT2D eigenvalue weighted by Gasteiger charge is 2.86. The number of carbonyl (C=O) groups excluding carboxylic acids is 1. The van der Waals surface area contributed by atoms with Crippen molar-refractivity contribution in [2.75, 3.05) is 13.7 Å². The van der Waals surface area contributed by atoms with Gasteiger partial charge in [0.25, 0.3) is 0 Å². The Morgan fingerprint density at radius 2 is 1.89 bits per heavy atom. The second-order valence-corrected chi connectivity index (χ2v) is 13.8. The molecule has 2 saturated heterocycles. The molecule has 3 heterocycles. The van der Waals surface area contributed by atoms with E-state index in [0.29, 0.717) is 30.8 Å². The van der Waals surface area contributed by atoms with E-state index in [2.05, 4.69) is 13.8 Å². The molecule has 6 fully saturated rings.